The maximum atomic E-state index is 11.9. The Kier molecular flexibility index (Phi) is 6.35. The number of ether oxygens (including phenoxy) is 1. The van der Waals surface area contributed by atoms with E-state index < -0.39 is 0 Å². The van der Waals surface area contributed by atoms with Crippen molar-refractivity contribution in [3.63, 3.8) is 0 Å². The Morgan fingerprint density at radius 1 is 1.36 bits per heavy atom. The molecule has 1 fully saturated rings. The number of amides is 2. The van der Waals surface area contributed by atoms with Crippen LogP contribution < -0.4 is 10.6 Å². The van der Waals surface area contributed by atoms with Gasteiger partial charge in [-0.2, -0.15) is 5.10 Å². The van der Waals surface area contributed by atoms with Crippen LogP contribution in [-0.2, 0) is 20.9 Å². The largest absolute Gasteiger partial charge is 0.374 e. The molecule has 0 saturated carbocycles. The summed E-state index contributed by atoms with van der Waals surface area (Å²) in [6, 6.07) is 1.88. The Morgan fingerprint density at radius 3 is 2.91 bits per heavy atom. The van der Waals surface area contributed by atoms with E-state index >= 15 is 0 Å². The van der Waals surface area contributed by atoms with Crippen LogP contribution in [0.1, 0.15) is 6.92 Å². The zero-order valence-electron chi connectivity index (χ0n) is 12.8. The highest BCUT2D eigenvalue weighted by atomic mass is 16.5. The molecule has 8 nitrogen and oxygen atoms in total. The van der Waals surface area contributed by atoms with E-state index in [4.69, 9.17) is 4.74 Å². The number of morpholine rings is 1. The first-order valence-electron chi connectivity index (χ1n) is 7.46. The van der Waals surface area contributed by atoms with Gasteiger partial charge in [-0.25, -0.2) is 0 Å². The molecule has 22 heavy (non-hydrogen) atoms. The first-order chi connectivity index (χ1) is 10.6. The van der Waals surface area contributed by atoms with Crippen molar-refractivity contribution in [2.24, 2.45) is 0 Å². The summed E-state index contributed by atoms with van der Waals surface area (Å²) in [6.07, 6.45) is 3.68. The molecule has 1 atom stereocenters. The van der Waals surface area contributed by atoms with E-state index in [2.05, 4.69) is 20.6 Å². The van der Waals surface area contributed by atoms with E-state index in [1.165, 1.54) is 6.92 Å². The predicted octanol–water partition coefficient (Wildman–Crippen LogP) is -1.16. The highest BCUT2D eigenvalue weighted by Crippen LogP contribution is 2.06. The van der Waals surface area contributed by atoms with Gasteiger partial charge >= 0.3 is 0 Å². The summed E-state index contributed by atoms with van der Waals surface area (Å²) in [5.41, 5.74) is 0. The fourth-order valence-corrected chi connectivity index (χ4v) is 2.35. The number of nitrogens with one attached hydrogen (secondary N) is 2. The van der Waals surface area contributed by atoms with Crippen molar-refractivity contribution in [2.45, 2.75) is 19.6 Å². The van der Waals surface area contributed by atoms with Crippen LogP contribution in [0.4, 0.5) is 0 Å². The minimum Gasteiger partial charge on any atom is -0.374 e. The molecule has 0 spiro atoms. The molecule has 2 N–H and O–H groups in total. The van der Waals surface area contributed by atoms with Crippen molar-refractivity contribution in [2.75, 3.05) is 39.3 Å². The van der Waals surface area contributed by atoms with Crippen molar-refractivity contribution in [1.29, 1.82) is 0 Å². The molecule has 1 aliphatic heterocycles. The molecule has 0 radical (unpaired) electrons. The number of rotatable bonds is 7. The highest BCUT2D eigenvalue weighted by molar-refractivity contribution is 5.78. The number of carbonyl (C=O) groups excluding carboxylic acids is 2. The molecule has 8 heteroatoms. The first-order valence-corrected chi connectivity index (χ1v) is 7.46. The molecular weight excluding hydrogens is 286 g/mol. The maximum absolute atomic E-state index is 11.9. The van der Waals surface area contributed by atoms with Gasteiger partial charge in [0, 0.05) is 45.5 Å². The number of carbonyl (C=O) groups is 2. The van der Waals surface area contributed by atoms with Crippen LogP contribution >= 0.6 is 0 Å². The fraction of sp³-hybridized carbons (Fsp3) is 0.643. The van der Waals surface area contributed by atoms with E-state index in [1.807, 2.05) is 16.9 Å². The summed E-state index contributed by atoms with van der Waals surface area (Å²) in [6.45, 7) is 5.45. The van der Waals surface area contributed by atoms with E-state index in [-0.39, 0.29) is 17.9 Å². The Morgan fingerprint density at radius 2 is 2.18 bits per heavy atom. The molecule has 2 amide bonds. The number of aromatic nitrogens is 2. The lowest BCUT2D eigenvalue weighted by Crippen LogP contribution is -2.48. The van der Waals surface area contributed by atoms with Crippen LogP contribution in [-0.4, -0.2) is 71.9 Å². The Bertz CT molecular complexity index is 477. The number of hydrogen-bond donors (Lipinski definition) is 2. The van der Waals surface area contributed by atoms with Crippen LogP contribution in [0.3, 0.4) is 0 Å². The van der Waals surface area contributed by atoms with Gasteiger partial charge in [0.05, 0.1) is 25.8 Å². The van der Waals surface area contributed by atoms with E-state index in [0.717, 1.165) is 6.54 Å². The summed E-state index contributed by atoms with van der Waals surface area (Å²) >= 11 is 0. The summed E-state index contributed by atoms with van der Waals surface area (Å²) in [5.74, 6) is -0.131. The molecule has 2 rings (SSSR count). The lowest BCUT2D eigenvalue weighted by Gasteiger charge is -2.32. The first kappa shape index (κ1) is 16.4. The molecule has 0 bridgehead atoms. The fourth-order valence-electron chi connectivity index (χ4n) is 2.35. The normalized spacial score (nSPS) is 18.9. The second-order valence-electron chi connectivity index (χ2n) is 5.29. The van der Waals surface area contributed by atoms with Crippen molar-refractivity contribution in [1.82, 2.24) is 25.3 Å². The van der Waals surface area contributed by atoms with Gasteiger partial charge in [0.2, 0.25) is 11.8 Å². The maximum Gasteiger partial charge on any atom is 0.234 e. The molecule has 1 aromatic heterocycles. The molecule has 2 heterocycles. The van der Waals surface area contributed by atoms with Crippen LogP contribution in [0.2, 0.25) is 0 Å². The second-order valence-corrected chi connectivity index (χ2v) is 5.29. The minimum atomic E-state index is -0.0936. The third-order valence-electron chi connectivity index (χ3n) is 3.36. The Hall–Kier alpha value is -1.93. The van der Waals surface area contributed by atoms with Gasteiger partial charge in [-0.1, -0.05) is 0 Å². The van der Waals surface area contributed by atoms with E-state index in [0.29, 0.717) is 39.3 Å². The van der Waals surface area contributed by atoms with Crippen LogP contribution in [0.25, 0.3) is 0 Å². The smallest absolute Gasteiger partial charge is 0.234 e. The molecule has 1 saturated heterocycles. The predicted molar refractivity (Wildman–Crippen MR) is 80.1 cm³/mol. The van der Waals surface area contributed by atoms with Gasteiger partial charge < -0.3 is 15.4 Å². The summed E-state index contributed by atoms with van der Waals surface area (Å²) in [4.78, 5) is 24.6. The lowest BCUT2D eigenvalue weighted by molar-refractivity contribution is -0.125. The summed E-state index contributed by atoms with van der Waals surface area (Å²) < 4.78 is 7.54. The average molecular weight is 309 g/mol. The molecule has 0 aromatic carbocycles. The van der Waals surface area contributed by atoms with Gasteiger partial charge in [-0.05, 0) is 6.07 Å². The summed E-state index contributed by atoms with van der Waals surface area (Å²) in [7, 11) is 0. The summed E-state index contributed by atoms with van der Waals surface area (Å²) in [5, 5.41) is 9.60. The monoisotopic (exact) mass is 309 g/mol. The van der Waals surface area contributed by atoms with Gasteiger partial charge in [0.15, 0.2) is 0 Å². The van der Waals surface area contributed by atoms with Crippen molar-refractivity contribution < 1.29 is 14.3 Å². The molecular formula is C14H23N5O3. The van der Waals surface area contributed by atoms with Crippen LogP contribution in [0, 0.1) is 0 Å². The lowest BCUT2D eigenvalue weighted by atomic mass is 10.2. The zero-order chi connectivity index (χ0) is 15.8. The second kappa shape index (κ2) is 8.50. The number of hydrogen-bond acceptors (Lipinski definition) is 5. The molecule has 1 aliphatic rings. The van der Waals surface area contributed by atoms with Gasteiger partial charge in [0.1, 0.15) is 0 Å². The van der Waals surface area contributed by atoms with Crippen LogP contribution in [0.5, 0.6) is 0 Å². The molecule has 1 aromatic rings. The molecule has 122 valence electrons. The third kappa shape index (κ3) is 5.82. The highest BCUT2D eigenvalue weighted by Gasteiger charge is 2.22. The SMILES string of the molecule is CC(=O)NCCNC(=O)CN1CCO[C@H](Cn2cccn2)C1. The topological polar surface area (TPSA) is 88.5 Å². The molecule has 0 unspecified atom stereocenters. The quantitative estimate of drug-likeness (QED) is 0.620. The van der Waals surface area contributed by atoms with E-state index in [1.54, 1.807) is 6.20 Å². The standard InChI is InChI=1S/C14H23N5O3/c1-12(20)15-4-5-16-14(21)11-18-7-8-22-13(9-18)10-19-6-2-3-17-19/h2-3,6,13H,4-5,7-11H2,1H3,(H,15,20)(H,16,21)/t13-/m0/s1. The van der Waals surface area contributed by atoms with Crippen LogP contribution in [0.15, 0.2) is 18.5 Å². The van der Waals surface area contributed by atoms with E-state index in [9.17, 15) is 9.59 Å². The Labute approximate surface area is 129 Å². The third-order valence-corrected chi connectivity index (χ3v) is 3.36. The number of nitrogens with zero attached hydrogens (tertiary/aromatic N) is 3. The van der Waals surface area contributed by atoms with Gasteiger partial charge in [-0.3, -0.25) is 19.2 Å². The minimum absolute atomic E-state index is 0.0370. The van der Waals surface area contributed by atoms with Gasteiger partial charge in [0.25, 0.3) is 0 Å². The zero-order valence-corrected chi connectivity index (χ0v) is 12.8. The van der Waals surface area contributed by atoms with Gasteiger partial charge in [-0.15, -0.1) is 0 Å². The van der Waals surface area contributed by atoms with Crippen molar-refractivity contribution >= 4 is 11.8 Å². The molecule has 0 aliphatic carbocycles. The average Bonchev–Trinajstić information content (AvgIpc) is 2.97. The Balaban J connectivity index is 1.66. The van der Waals surface area contributed by atoms with Crippen molar-refractivity contribution in [3.05, 3.63) is 18.5 Å². The van der Waals surface area contributed by atoms with Crippen molar-refractivity contribution in [3.8, 4) is 0 Å².